The number of benzene rings is 1. The molecule has 1 aromatic carbocycles. The number of hydrogen-bond acceptors (Lipinski definition) is 3. The van der Waals surface area contributed by atoms with Gasteiger partial charge in [-0.05, 0) is 30.5 Å². The molecule has 98 valence electrons. The fraction of sp³-hybridized carbons (Fsp3) is 0.385. The Hall–Kier alpha value is -0.870. The SMILES string of the molecule is Brc1ccc(/C=N/NC2=NCCCCC2)cc1.Cl. The fourth-order valence-electron chi connectivity index (χ4n) is 1.70. The summed E-state index contributed by atoms with van der Waals surface area (Å²) in [5.74, 6) is 1.01. The molecule has 1 aromatic rings. The molecule has 0 saturated carbocycles. The van der Waals surface area contributed by atoms with E-state index in [2.05, 4.69) is 31.4 Å². The number of hydrazone groups is 1. The van der Waals surface area contributed by atoms with E-state index in [9.17, 15) is 0 Å². The Balaban J connectivity index is 0.00000162. The van der Waals surface area contributed by atoms with Crippen LogP contribution in [0.1, 0.15) is 31.2 Å². The second-order valence-corrected chi connectivity index (χ2v) is 4.98. The highest BCUT2D eigenvalue weighted by molar-refractivity contribution is 9.10. The third kappa shape index (κ3) is 5.19. The highest BCUT2D eigenvalue weighted by Gasteiger charge is 2.01. The van der Waals surface area contributed by atoms with Crippen LogP contribution in [0.5, 0.6) is 0 Å². The number of aliphatic imine (C=N–C) groups is 1. The van der Waals surface area contributed by atoms with Crippen LogP contribution in [0.15, 0.2) is 38.8 Å². The van der Waals surface area contributed by atoms with Gasteiger partial charge >= 0.3 is 0 Å². The highest BCUT2D eigenvalue weighted by atomic mass is 79.9. The molecule has 1 aliphatic heterocycles. The number of hydrogen-bond donors (Lipinski definition) is 1. The summed E-state index contributed by atoms with van der Waals surface area (Å²) in [5.41, 5.74) is 4.11. The molecule has 0 aromatic heterocycles. The monoisotopic (exact) mass is 329 g/mol. The fourth-order valence-corrected chi connectivity index (χ4v) is 1.96. The largest absolute Gasteiger partial charge is 0.271 e. The van der Waals surface area contributed by atoms with Crippen LogP contribution in [0.25, 0.3) is 0 Å². The number of halogens is 2. The van der Waals surface area contributed by atoms with E-state index in [0.717, 1.165) is 28.8 Å². The van der Waals surface area contributed by atoms with E-state index in [1.807, 2.05) is 30.5 Å². The molecule has 0 atom stereocenters. The second kappa shape index (κ2) is 8.27. The third-order valence-electron chi connectivity index (χ3n) is 2.65. The van der Waals surface area contributed by atoms with Crippen LogP contribution in [-0.4, -0.2) is 18.6 Å². The quantitative estimate of drug-likeness (QED) is 0.650. The van der Waals surface area contributed by atoms with Gasteiger partial charge in [-0.2, -0.15) is 5.10 Å². The van der Waals surface area contributed by atoms with Crippen molar-refractivity contribution in [2.24, 2.45) is 10.1 Å². The summed E-state index contributed by atoms with van der Waals surface area (Å²) >= 11 is 3.41. The average Bonchev–Trinajstić information content (AvgIpc) is 2.60. The van der Waals surface area contributed by atoms with Crippen molar-refractivity contribution in [2.45, 2.75) is 25.7 Å². The lowest BCUT2D eigenvalue weighted by Crippen LogP contribution is -2.17. The van der Waals surface area contributed by atoms with Crippen molar-refractivity contribution in [3.63, 3.8) is 0 Å². The van der Waals surface area contributed by atoms with Gasteiger partial charge in [0.25, 0.3) is 0 Å². The van der Waals surface area contributed by atoms with Gasteiger partial charge in [0.15, 0.2) is 0 Å². The van der Waals surface area contributed by atoms with E-state index in [1.165, 1.54) is 19.3 Å². The molecule has 0 fully saturated rings. The molecule has 0 saturated heterocycles. The van der Waals surface area contributed by atoms with Crippen LogP contribution in [0, 0.1) is 0 Å². The number of amidine groups is 1. The van der Waals surface area contributed by atoms with Crippen molar-refractivity contribution < 1.29 is 0 Å². The van der Waals surface area contributed by atoms with E-state index < -0.39 is 0 Å². The van der Waals surface area contributed by atoms with Crippen LogP contribution in [0.3, 0.4) is 0 Å². The average molecular weight is 331 g/mol. The van der Waals surface area contributed by atoms with Gasteiger partial charge in [-0.1, -0.05) is 34.5 Å². The molecular formula is C13H17BrClN3. The molecule has 1 N–H and O–H groups in total. The van der Waals surface area contributed by atoms with Crippen LogP contribution in [0.4, 0.5) is 0 Å². The van der Waals surface area contributed by atoms with Gasteiger partial charge in [0.05, 0.1) is 6.21 Å². The maximum atomic E-state index is 4.45. The minimum Gasteiger partial charge on any atom is -0.271 e. The summed E-state index contributed by atoms with van der Waals surface area (Å²) in [6.07, 6.45) is 6.50. The second-order valence-electron chi connectivity index (χ2n) is 4.06. The summed E-state index contributed by atoms with van der Waals surface area (Å²) in [6, 6.07) is 8.05. The highest BCUT2D eigenvalue weighted by Crippen LogP contribution is 2.09. The Morgan fingerprint density at radius 3 is 2.72 bits per heavy atom. The molecule has 0 radical (unpaired) electrons. The first kappa shape index (κ1) is 15.2. The van der Waals surface area contributed by atoms with Gasteiger partial charge in [-0.15, -0.1) is 12.4 Å². The van der Waals surface area contributed by atoms with E-state index in [0.29, 0.717) is 0 Å². The van der Waals surface area contributed by atoms with E-state index in [1.54, 1.807) is 0 Å². The minimum atomic E-state index is 0. The zero-order valence-electron chi connectivity index (χ0n) is 10.1. The summed E-state index contributed by atoms with van der Waals surface area (Å²) < 4.78 is 1.08. The molecule has 3 nitrogen and oxygen atoms in total. The van der Waals surface area contributed by atoms with Gasteiger partial charge in [-0.25, -0.2) is 0 Å². The molecule has 1 heterocycles. The van der Waals surface area contributed by atoms with Crippen molar-refractivity contribution in [1.82, 2.24) is 5.43 Å². The Kier molecular flexibility index (Phi) is 6.98. The number of rotatable bonds is 2. The predicted molar refractivity (Wildman–Crippen MR) is 82.9 cm³/mol. The maximum Gasteiger partial charge on any atom is 0.117 e. The number of nitrogens with one attached hydrogen (secondary N) is 1. The van der Waals surface area contributed by atoms with Crippen LogP contribution < -0.4 is 5.43 Å². The molecule has 0 aliphatic carbocycles. The summed E-state index contributed by atoms with van der Waals surface area (Å²) in [4.78, 5) is 4.45. The van der Waals surface area contributed by atoms with Crippen LogP contribution >= 0.6 is 28.3 Å². The normalized spacial score (nSPS) is 15.7. The van der Waals surface area contributed by atoms with E-state index in [-0.39, 0.29) is 12.4 Å². The Labute approximate surface area is 122 Å². The van der Waals surface area contributed by atoms with Crippen molar-refractivity contribution in [1.29, 1.82) is 0 Å². The predicted octanol–water partition coefficient (Wildman–Crippen LogP) is 3.77. The minimum absolute atomic E-state index is 0. The third-order valence-corrected chi connectivity index (χ3v) is 3.18. The van der Waals surface area contributed by atoms with Gasteiger partial charge in [0.1, 0.15) is 5.84 Å². The Bertz CT molecular complexity index is 415. The molecule has 1 aliphatic rings. The van der Waals surface area contributed by atoms with E-state index >= 15 is 0 Å². The topological polar surface area (TPSA) is 36.8 Å². The van der Waals surface area contributed by atoms with Gasteiger partial charge in [0, 0.05) is 17.4 Å². The molecule has 2 rings (SSSR count). The zero-order chi connectivity index (χ0) is 11.9. The van der Waals surface area contributed by atoms with Crippen LogP contribution in [-0.2, 0) is 0 Å². The summed E-state index contributed by atoms with van der Waals surface area (Å²) in [5, 5.41) is 4.22. The van der Waals surface area contributed by atoms with E-state index in [4.69, 9.17) is 0 Å². The van der Waals surface area contributed by atoms with Crippen molar-refractivity contribution in [3.05, 3.63) is 34.3 Å². The Morgan fingerprint density at radius 1 is 1.17 bits per heavy atom. The summed E-state index contributed by atoms with van der Waals surface area (Å²) in [7, 11) is 0. The smallest absolute Gasteiger partial charge is 0.117 e. The van der Waals surface area contributed by atoms with Crippen molar-refractivity contribution in [2.75, 3.05) is 6.54 Å². The van der Waals surface area contributed by atoms with Gasteiger partial charge in [0.2, 0.25) is 0 Å². The van der Waals surface area contributed by atoms with Gasteiger partial charge in [-0.3, -0.25) is 10.4 Å². The lowest BCUT2D eigenvalue weighted by molar-refractivity contribution is 0.729. The van der Waals surface area contributed by atoms with Crippen LogP contribution in [0.2, 0.25) is 0 Å². The maximum absolute atomic E-state index is 4.45. The van der Waals surface area contributed by atoms with Gasteiger partial charge < -0.3 is 0 Å². The molecule has 0 amide bonds. The zero-order valence-corrected chi connectivity index (χ0v) is 12.5. The summed E-state index contributed by atoms with van der Waals surface area (Å²) in [6.45, 7) is 0.927. The lowest BCUT2D eigenvalue weighted by atomic mass is 10.2. The van der Waals surface area contributed by atoms with Crippen molar-refractivity contribution >= 4 is 40.4 Å². The molecule has 0 spiro atoms. The molecular weight excluding hydrogens is 314 g/mol. The first-order valence-corrected chi connectivity index (χ1v) is 6.72. The number of nitrogens with zero attached hydrogens (tertiary/aromatic N) is 2. The first-order valence-electron chi connectivity index (χ1n) is 5.92. The molecule has 5 heteroatoms. The molecule has 0 unspecified atom stereocenters. The first-order chi connectivity index (χ1) is 8.34. The standard InChI is InChI=1S/C13H16BrN3.ClH/c14-12-7-5-11(6-8-12)10-16-17-13-4-2-1-3-9-15-13;/h5-8,10H,1-4,9H2,(H,15,17);1H/b16-10+;. The lowest BCUT2D eigenvalue weighted by Gasteiger charge is -2.01. The molecule has 0 bridgehead atoms. The Morgan fingerprint density at radius 2 is 1.94 bits per heavy atom. The molecule has 18 heavy (non-hydrogen) atoms. The van der Waals surface area contributed by atoms with Crippen molar-refractivity contribution in [3.8, 4) is 0 Å².